The Balaban J connectivity index is 1.24. The summed E-state index contributed by atoms with van der Waals surface area (Å²) in [6.45, 7) is 5.55. The van der Waals surface area contributed by atoms with Gasteiger partial charge in [0, 0.05) is 62.6 Å². The number of anilines is 1. The molecule has 3 aromatic rings. The zero-order chi connectivity index (χ0) is 23.3. The summed E-state index contributed by atoms with van der Waals surface area (Å²) < 4.78 is 17.4. The lowest BCUT2D eigenvalue weighted by Crippen LogP contribution is -2.46. The minimum atomic E-state index is -0.190. The van der Waals surface area contributed by atoms with E-state index in [2.05, 4.69) is 38.7 Å². The summed E-state index contributed by atoms with van der Waals surface area (Å²) in [5, 5.41) is 0. The summed E-state index contributed by atoms with van der Waals surface area (Å²) >= 11 is 0. The minimum Gasteiger partial charge on any atom is -0.369 e. The smallest absolute Gasteiger partial charge is 0.267 e. The number of hydrogen-bond acceptors (Lipinski definition) is 3. The van der Waals surface area contributed by atoms with Crippen molar-refractivity contribution in [2.45, 2.75) is 51.0 Å². The van der Waals surface area contributed by atoms with Gasteiger partial charge in [0.05, 0.1) is 5.69 Å². The van der Waals surface area contributed by atoms with Gasteiger partial charge in [-0.15, -0.1) is 0 Å². The number of hydrogen-bond donors (Lipinski definition) is 0. The van der Waals surface area contributed by atoms with Crippen LogP contribution < -0.4 is 10.5 Å². The number of aromatic nitrogens is 2. The Labute approximate surface area is 201 Å². The molecule has 34 heavy (non-hydrogen) atoms. The maximum absolute atomic E-state index is 13.2. The second-order valence-corrected chi connectivity index (χ2v) is 9.67. The molecule has 6 heteroatoms. The van der Waals surface area contributed by atoms with E-state index < -0.39 is 0 Å². The van der Waals surface area contributed by atoms with E-state index in [4.69, 9.17) is 0 Å². The van der Waals surface area contributed by atoms with Gasteiger partial charge in [-0.25, -0.2) is 9.07 Å². The molecule has 2 aliphatic rings. The first-order valence-corrected chi connectivity index (χ1v) is 12.8. The van der Waals surface area contributed by atoms with E-state index in [-0.39, 0.29) is 11.4 Å². The Hall–Kier alpha value is -2.86. The van der Waals surface area contributed by atoms with Crippen LogP contribution in [0.4, 0.5) is 10.1 Å². The van der Waals surface area contributed by atoms with Gasteiger partial charge >= 0.3 is 0 Å². The number of para-hydroxylation sites is 1. The second-order valence-electron chi connectivity index (χ2n) is 9.67. The number of piperazine rings is 1. The molecule has 2 aromatic carbocycles. The lowest BCUT2D eigenvalue weighted by Gasteiger charge is -2.36. The van der Waals surface area contributed by atoms with Crippen LogP contribution in [-0.4, -0.2) is 47.0 Å². The van der Waals surface area contributed by atoms with Gasteiger partial charge in [0.15, 0.2) is 0 Å². The Morgan fingerprint density at radius 2 is 1.50 bits per heavy atom. The molecule has 2 heterocycles. The first-order valence-electron chi connectivity index (χ1n) is 12.8. The molecule has 0 spiro atoms. The average molecular weight is 463 g/mol. The van der Waals surface area contributed by atoms with Crippen molar-refractivity contribution in [2.24, 2.45) is 0 Å². The van der Waals surface area contributed by atoms with Crippen molar-refractivity contribution in [3.05, 3.63) is 82.5 Å². The highest BCUT2D eigenvalue weighted by Crippen LogP contribution is 2.33. The first kappa shape index (κ1) is 22.9. The van der Waals surface area contributed by atoms with E-state index in [1.165, 1.54) is 49.9 Å². The lowest BCUT2D eigenvalue weighted by atomic mass is 9.87. The van der Waals surface area contributed by atoms with E-state index in [0.29, 0.717) is 5.92 Å². The molecule has 0 radical (unpaired) electrons. The number of rotatable bonds is 7. The molecule has 2 fully saturated rings. The van der Waals surface area contributed by atoms with Crippen LogP contribution in [0.1, 0.15) is 50.1 Å². The van der Waals surface area contributed by atoms with E-state index in [1.807, 2.05) is 28.9 Å². The van der Waals surface area contributed by atoms with Crippen LogP contribution in [0.25, 0.3) is 5.69 Å². The molecular weight excluding hydrogens is 427 g/mol. The predicted molar refractivity (Wildman–Crippen MR) is 136 cm³/mol. The molecule has 0 amide bonds. The third kappa shape index (κ3) is 5.12. The molecule has 1 aliphatic heterocycles. The first-order chi connectivity index (χ1) is 16.7. The fraction of sp³-hybridized carbons (Fsp3) is 0.464. The van der Waals surface area contributed by atoms with Crippen LogP contribution in [0.5, 0.6) is 0 Å². The van der Waals surface area contributed by atoms with E-state index in [9.17, 15) is 9.18 Å². The third-order valence-corrected chi connectivity index (χ3v) is 7.44. The Kier molecular flexibility index (Phi) is 7.14. The maximum Gasteiger partial charge on any atom is 0.267 e. The highest BCUT2D eigenvalue weighted by molar-refractivity contribution is 5.46. The molecule has 1 aliphatic carbocycles. The van der Waals surface area contributed by atoms with E-state index in [0.717, 1.165) is 57.1 Å². The lowest BCUT2D eigenvalue weighted by molar-refractivity contribution is 0.247. The summed E-state index contributed by atoms with van der Waals surface area (Å²) in [4.78, 5) is 17.9. The predicted octanol–water partition coefficient (Wildman–Crippen LogP) is 5.04. The van der Waals surface area contributed by atoms with Crippen molar-refractivity contribution in [1.29, 1.82) is 0 Å². The van der Waals surface area contributed by atoms with E-state index >= 15 is 0 Å². The van der Waals surface area contributed by atoms with Crippen molar-refractivity contribution < 1.29 is 4.39 Å². The quantitative estimate of drug-likeness (QED) is 0.493. The van der Waals surface area contributed by atoms with Crippen molar-refractivity contribution >= 4 is 5.69 Å². The molecule has 0 atom stereocenters. The van der Waals surface area contributed by atoms with Gasteiger partial charge in [0.1, 0.15) is 5.82 Å². The molecule has 5 rings (SSSR count). The molecule has 1 saturated carbocycles. The zero-order valence-corrected chi connectivity index (χ0v) is 19.9. The van der Waals surface area contributed by atoms with Gasteiger partial charge in [-0.05, 0) is 55.7 Å². The summed E-state index contributed by atoms with van der Waals surface area (Å²) in [6, 6.07) is 19.0. The second kappa shape index (κ2) is 10.6. The Morgan fingerprint density at radius 3 is 2.21 bits per heavy atom. The highest BCUT2D eigenvalue weighted by Gasteiger charge is 2.23. The van der Waals surface area contributed by atoms with Gasteiger partial charge in [0.25, 0.3) is 5.56 Å². The Morgan fingerprint density at radius 1 is 0.794 bits per heavy atom. The largest absolute Gasteiger partial charge is 0.369 e. The topological polar surface area (TPSA) is 33.4 Å². The minimum absolute atomic E-state index is 0.116. The number of benzene rings is 2. The highest BCUT2D eigenvalue weighted by atomic mass is 19.1. The fourth-order valence-corrected chi connectivity index (χ4v) is 5.58. The van der Waals surface area contributed by atoms with Gasteiger partial charge in [0.2, 0.25) is 0 Å². The summed E-state index contributed by atoms with van der Waals surface area (Å²) in [5.74, 6) is 0.284. The third-order valence-electron chi connectivity index (χ3n) is 7.44. The molecule has 0 bridgehead atoms. The monoisotopic (exact) mass is 462 g/mol. The van der Waals surface area contributed by atoms with Crippen molar-refractivity contribution in [3.8, 4) is 5.69 Å². The Bertz CT molecular complexity index is 1110. The van der Waals surface area contributed by atoms with Crippen LogP contribution in [0, 0.1) is 5.82 Å². The van der Waals surface area contributed by atoms with Gasteiger partial charge in [-0.2, -0.15) is 0 Å². The van der Waals surface area contributed by atoms with Crippen LogP contribution in [0.2, 0.25) is 0 Å². The molecular formula is C28H35FN4O. The summed E-state index contributed by atoms with van der Waals surface area (Å²) in [6.07, 6.45) is 7.10. The summed E-state index contributed by atoms with van der Waals surface area (Å²) in [7, 11) is 0. The van der Waals surface area contributed by atoms with Crippen LogP contribution in [-0.2, 0) is 6.54 Å². The maximum atomic E-state index is 13.2. The molecule has 5 nitrogen and oxygen atoms in total. The molecule has 0 N–H and O–H groups in total. The van der Waals surface area contributed by atoms with Gasteiger partial charge in [-0.3, -0.25) is 14.4 Å². The molecule has 0 unspecified atom stereocenters. The van der Waals surface area contributed by atoms with Crippen LogP contribution in [0.15, 0.2) is 65.5 Å². The SMILES string of the molecule is O=c1cc(C2CCCCC2)n(-c2ccccc2)n1CCCN1CCN(c2ccc(F)cc2)CC1. The average Bonchev–Trinajstić information content (AvgIpc) is 3.22. The van der Waals surface area contributed by atoms with Crippen LogP contribution >= 0.6 is 0 Å². The molecule has 1 aromatic heterocycles. The summed E-state index contributed by atoms with van der Waals surface area (Å²) in [5.41, 5.74) is 3.47. The zero-order valence-electron chi connectivity index (χ0n) is 19.9. The van der Waals surface area contributed by atoms with E-state index in [1.54, 1.807) is 0 Å². The van der Waals surface area contributed by atoms with Crippen molar-refractivity contribution in [2.75, 3.05) is 37.6 Å². The normalized spacial score (nSPS) is 17.9. The van der Waals surface area contributed by atoms with Crippen molar-refractivity contribution in [1.82, 2.24) is 14.3 Å². The standard InChI is InChI=1S/C28H35FN4O/c29-24-12-14-25(15-13-24)31-20-18-30(19-21-31)16-7-17-32-28(34)22-27(23-8-3-1-4-9-23)33(32)26-10-5-2-6-11-26/h2,5-6,10-15,22-23H,1,3-4,7-9,16-21H2. The molecule has 1 saturated heterocycles. The van der Waals surface area contributed by atoms with Crippen molar-refractivity contribution in [3.63, 3.8) is 0 Å². The van der Waals surface area contributed by atoms with Gasteiger partial charge < -0.3 is 4.90 Å². The number of nitrogens with zero attached hydrogens (tertiary/aromatic N) is 4. The number of halogens is 1. The van der Waals surface area contributed by atoms with Crippen LogP contribution in [0.3, 0.4) is 0 Å². The fourth-order valence-electron chi connectivity index (χ4n) is 5.58. The molecule has 180 valence electrons. The van der Waals surface area contributed by atoms with Gasteiger partial charge in [-0.1, -0.05) is 37.5 Å².